The quantitative estimate of drug-likeness (QED) is 0.321. The number of imidazole rings is 1. The fraction of sp³-hybridized carbons (Fsp3) is 0.0741. The Kier molecular flexibility index (Phi) is 6.06. The summed E-state index contributed by atoms with van der Waals surface area (Å²) in [5, 5.41) is 2.34. The summed E-state index contributed by atoms with van der Waals surface area (Å²) in [7, 11) is 0. The minimum absolute atomic E-state index is 0.0484. The van der Waals surface area contributed by atoms with Crippen LogP contribution >= 0.6 is 11.6 Å². The van der Waals surface area contributed by atoms with Crippen LogP contribution < -0.4 is 4.90 Å². The van der Waals surface area contributed by atoms with Crippen molar-refractivity contribution in [1.29, 1.82) is 0 Å². The van der Waals surface area contributed by atoms with Crippen molar-refractivity contribution < 1.29 is 9.18 Å². The molecule has 168 valence electrons. The molecule has 7 heteroatoms. The van der Waals surface area contributed by atoms with Crippen LogP contribution in [0.2, 0.25) is 5.02 Å². The van der Waals surface area contributed by atoms with E-state index in [1.807, 2.05) is 48.5 Å². The third-order valence-electron chi connectivity index (χ3n) is 5.72. The van der Waals surface area contributed by atoms with Gasteiger partial charge in [-0.25, -0.2) is 9.37 Å². The Morgan fingerprint density at radius 2 is 1.76 bits per heavy atom. The number of hydrogen-bond donors (Lipinski definition) is 1. The molecule has 0 fully saturated rings. The highest BCUT2D eigenvalue weighted by molar-refractivity contribution is 6.30. The molecular weight excluding hydrogens is 451 g/mol. The Labute approximate surface area is 200 Å². The number of nitrogens with zero attached hydrogens (tertiary/aromatic N) is 3. The SMILES string of the molecule is O=C(Cc1cncc2ccccc12)N(Cc1cc(Cl)ccc1F)c1ccc(-c2cnc[nH]2)cc1. The van der Waals surface area contributed by atoms with Gasteiger partial charge in [0, 0.05) is 34.1 Å². The van der Waals surface area contributed by atoms with E-state index in [2.05, 4.69) is 15.0 Å². The van der Waals surface area contributed by atoms with E-state index in [1.165, 1.54) is 12.1 Å². The van der Waals surface area contributed by atoms with Crippen LogP contribution in [0.15, 0.2) is 91.6 Å². The van der Waals surface area contributed by atoms with E-state index < -0.39 is 5.82 Å². The Morgan fingerprint density at radius 1 is 0.941 bits per heavy atom. The first kappa shape index (κ1) is 21.8. The number of rotatable bonds is 6. The van der Waals surface area contributed by atoms with Gasteiger partial charge in [-0.2, -0.15) is 0 Å². The van der Waals surface area contributed by atoms with Crippen LogP contribution in [0.25, 0.3) is 22.0 Å². The second-order valence-corrected chi connectivity index (χ2v) is 8.36. The monoisotopic (exact) mass is 470 g/mol. The van der Waals surface area contributed by atoms with Gasteiger partial charge < -0.3 is 9.88 Å². The summed E-state index contributed by atoms with van der Waals surface area (Å²) in [5.41, 5.74) is 3.61. The van der Waals surface area contributed by atoms with Gasteiger partial charge in [0.05, 0.1) is 31.2 Å². The summed E-state index contributed by atoms with van der Waals surface area (Å²) >= 11 is 6.11. The van der Waals surface area contributed by atoms with Gasteiger partial charge >= 0.3 is 0 Å². The average Bonchev–Trinajstić information content (AvgIpc) is 3.40. The lowest BCUT2D eigenvalue weighted by Gasteiger charge is -2.24. The number of amides is 1. The van der Waals surface area contributed by atoms with Crippen molar-refractivity contribution in [3.05, 3.63) is 114 Å². The second-order valence-electron chi connectivity index (χ2n) is 7.92. The molecule has 0 aliphatic carbocycles. The molecule has 5 rings (SSSR count). The number of carbonyl (C=O) groups excluding carboxylic acids is 1. The average molecular weight is 471 g/mol. The summed E-state index contributed by atoms with van der Waals surface area (Å²) in [6, 6.07) is 19.7. The molecule has 1 N–H and O–H groups in total. The van der Waals surface area contributed by atoms with Gasteiger partial charge in [0.1, 0.15) is 5.82 Å². The van der Waals surface area contributed by atoms with Gasteiger partial charge in [0.2, 0.25) is 5.91 Å². The molecule has 5 nitrogen and oxygen atoms in total. The number of pyridine rings is 1. The third-order valence-corrected chi connectivity index (χ3v) is 5.95. The van der Waals surface area contributed by atoms with Crippen molar-refractivity contribution in [2.75, 3.05) is 4.90 Å². The predicted molar refractivity (Wildman–Crippen MR) is 132 cm³/mol. The fourth-order valence-electron chi connectivity index (χ4n) is 3.97. The zero-order chi connectivity index (χ0) is 23.5. The number of benzene rings is 3. The van der Waals surface area contributed by atoms with Crippen molar-refractivity contribution in [2.45, 2.75) is 13.0 Å². The highest BCUT2D eigenvalue weighted by Crippen LogP contribution is 2.26. The molecule has 5 aromatic rings. The maximum atomic E-state index is 14.6. The van der Waals surface area contributed by atoms with Gasteiger partial charge in [0.15, 0.2) is 0 Å². The van der Waals surface area contributed by atoms with Crippen molar-refractivity contribution >= 4 is 34.0 Å². The van der Waals surface area contributed by atoms with E-state index in [1.54, 1.807) is 35.9 Å². The maximum absolute atomic E-state index is 14.6. The molecule has 0 atom stereocenters. The minimum atomic E-state index is -0.414. The summed E-state index contributed by atoms with van der Waals surface area (Å²) in [6.45, 7) is 0.0484. The van der Waals surface area contributed by atoms with E-state index in [4.69, 9.17) is 11.6 Å². The van der Waals surface area contributed by atoms with Gasteiger partial charge in [-0.1, -0.05) is 48.0 Å². The molecular formula is C27H20ClFN4O. The Hall–Kier alpha value is -4.03. The zero-order valence-corrected chi connectivity index (χ0v) is 18.8. The molecule has 0 saturated heterocycles. The number of nitrogens with one attached hydrogen (secondary N) is 1. The number of H-pyrrole nitrogens is 1. The lowest BCUT2D eigenvalue weighted by atomic mass is 10.0. The normalized spacial score (nSPS) is 11.0. The Bertz CT molecular complexity index is 1450. The van der Waals surface area contributed by atoms with E-state index >= 15 is 0 Å². The zero-order valence-electron chi connectivity index (χ0n) is 18.1. The van der Waals surface area contributed by atoms with Crippen LogP contribution in [0.4, 0.5) is 10.1 Å². The number of halogens is 2. The van der Waals surface area contributed by atoms with Crippen LogP contribution in [0.3, 0.4) is 0 Å². The van der Waals surface area contributed by atoms with Crippen LogP contribution in [0, 0.1) is 5.82 Å². The molecule has 0 spiro atoms. The first-order valence-corrected chi connectivity index (χ1v) is 11.1. The number of aromatic amines is 1. The number of hydrogen-bond acceptors (Lipinski definition) is 3. The molecule has 0 aliphatic rings. The minimum Gasteiger partial charge on any atom is -0.345 e. The van der Waals surface area contributed by atoms with Crippen LogP contribution in [-0.4, -0.2) is 20.9 Å². The smallest absolute Gasteiger partial charge is 0.231 e. The highest BCUT2D eigenvalue weighted by atomic mass is 35.5. The molecule has 0 unspecified atom stereocenters. The number of fused-ring (bicyclic) bond motifs is 1. The van der Waals surface area contributed by atoms with Gasteiger partial charge in [0.25, 0.3) is 0 Å². The van der Waals surface area contributed by atoms with Crippen LogP contribution in [0.5, 0.6) is 0 Å². The first-order valence-electron chi connectivity index (χ1n) is 10.7. The first-order chi connectivity index (χ1) is 16.6. The lowest BCUT2D eigenvalue weighted by molar-refractivity contribution is -0.118. The number of carbonyl (C=O) groups is 1. The molecule has 0 radical (unpaired) electrons. The Balaban J connectivity index is 1.50. The summed E-state index contributed by atoms with van der Waals surface area (Å²) in [6.07, 6.45) is 6.95. The second kappa shape index (κ2) is 9.45. The molecule has 0 saturated carbocycles. The van der Waals surface area contributed by atoms with Gasteiger partial charge in [-0.15, -0.1) is 0 Å². The molecule has 3 aromatic carbocycles. The highest BCUT2D eigenvalue weighted by Gasteiger charge is 2.20. The standard InChI is InChI=1S/C27H20ClFN4O/c28-22-7-10-25(29)21(11-22)16-33(23-8-5-18(6-9-23)26-15-31-17-32-26)27(34)12-20-14-30-13-19-3-1-2-4-24(19)20/h1-11,13-15,17H,12,16H2,(H,31,32). The van der Waals surface area contributed by atoms with E-state index in [0.717, 1.165) is 27.6 Å². The van der Waals surface area contributed by atoms with E-state index in [-0.39, 0.29) is 18.9 Å². The van der Waals surface area contributed by atoms with Gasteiger partial charge in [-0.05, 0) is 46.8 Å². The topological polar surface area (TPSA) is 61.9 Å². The predicted octanol–water partition coefficient (Wildman–Crippen LogP) is 6.19. The van der Waals surface area contributed by atoms with Crippen LogP contribution in [-0.2, 0) is 17.8 Å². The molecule has 1 amide bonds. The Morgan fingerprint density at radius 3 is 2.56 bits per heavy atom. The third kappa shape index (κ3) is 4.54. The van der Waals surface area contributed by atoms with Crippen LogP contribution in [0.1, 0.15) is 11.1 Å². The van der Waals surface area contributed by atoms with Crippen molar-refractivity contribution in [2.24, 2.45) is 0 Å². The maximum Gasteiger partial charge on any atom is 0.231 e. The van der Waals surface area contributed by atoms with Crippen molar-refractivity contribution in [1.82, 2.24) is 15.0 Å². The molecule has 34 heavy (non-hydrogen) atoms. The number of anilines is 1. The lowest BCUT2D eigenvalue weighted by Crippen LogP contribution is -2.32. The molecule has 2 aromatic heterocycles. The largest absolute Gasteiger partial charge is 0.345 e. The molecule has 0 bridgehead atoms. The number of aromatic nitrogens is 3. The van der Waals surface area contributed by atoms with E-state index in [9.17, 15) is 9.18 Å². The summed E-state index contributed by atoms with van der Waals surface area (Å²) < 4.78 is 14.6. The van der Waals surface area contributed by atoms with Crippen molar-refractivity contribution in [3.8, 4) is 11.3 Å². The van der Waals surface area contributed by atoms with E-state index in [0.29, 0.717) is 16.3 Å². The fourth-order valence-corrected chi connectivity index (χ4v) is 4.17. The molecule has 0 aliphatic heterocycles. The molecule has 2 heterocycles. The van der Waals surface area contributed by atoms with Crippen molar-refractivity contribution in [3.63, 3.8) is 0 Å². The summed E-state index contributed by atoms with van der Waals surface area (Å²) in [5.74, 6) is -0.588. The van der Waals surface area contributed by atoms with Gasteiger partial charge in [-0.3, -0.25) is 9.78 Å². The summed E-state index contributed by atoms with van der Waals surface area (Å²) in [4.78, 5) is 26.6.